The fourth-order valence-electron chi connectivity index (χ4n) is 2.23. The summed E-state index contributed by atoms with van der Waals surface area (Å²) in [5.74, 6) is 2.63. The SMILES string of the molecule is CCS(=O)(=O)C1CSCCN1CCOc1cccc(Br)c1. The van der Waals surface area contributed by atoms with E-state index in [0.717, 1.165) is 22.5 Å². The van der Waals surface area contributed by atoms with Crippen molar-refractivity contribution in [3.8, 4) is 5.75 Å². The van der Waals surface area contributed by atoms with Crippen LogP contribution in [-0.4, -0.2) is 55.6 Å². The molecule has 2 rings (SSSR count). The number of benzene rings is 1. The maximum Gasteiger partial charge on any atom is 0.166 e. The molecule has 0 bridgehead atoms. The fraction of sp³-hybridized carbons (Fsp3) is 0.571. The molecule has 0 radical (unpaired) electrons. The Morgan fingerprint density at radius 1 is 1.48 bits per heavy atom. The second kappa shape index (κ2) is 7.85. The van der Waals surface area contributed by atoms with Gasteiger partial charge in [-0.25, -0.2) is 8.42 Å². The van der Waals surface area contributed by atoms with Gasteiger partial charge in [0, 0.05) is 34.8 Å². The zero-order chi connectivity index (χ0) is 15.3. The number of hydrogen-bond donors (Lipinski definition) is 0. The molecule has 1 aromatic rings. The van der Waals surface area contributed by atoms with Crippen molar-refractivity contribution in [3.63, 3.8) is 0 Å². The molecule has 0 aromatic heterocycles. The molecular formula is C14H20BrNO3S2. The minimum absolute atomic E-state index is 0.196. The van der Waals surface area contributed by atoms with Gasteiger partial charge in [0.25, 0.3) is 0 Å². The second-order valence-electron chi connectivity index (χ2n) is 4.82. The molecule has 1 saturated heterocycles. The van der Waals surface area contributed by atoms with E-state index in [1.54, 1.807) is 18.7 Å². The summed E-state index contributed by atoms with van der Waals surface area (Å²) in [6, 6.07) is 7.67. The number of hydrogen-bond acceptors (Lipinski definition) is 5. The highest BCUT2D eigenvalue weighted by Crippen LogP contribution is 2.22. The standard InChI is InChI=1S/C14H20BrNO3S2/c1-2-21(17,18)14-11-20-9-7-16(14)6-8-19-13-5-3-4-12(15)10-13/h3-5,10,14H,2,6-9,11H2,1H3. The Balaban J connectivity index is 1.91. The number of nitrogens with zero attached hydrogens (tertiary/aromatic N) is 1. The van der Waals surface area contributed by atoms with Gasteiger partial charge < -0.3 is 4.74 Å². The Bertz CT molecular complexity index is 565. The van der Waals surface area contributed by atoms with E-state index in [4.69, 9.17) is 4.74 Å². The van der Waals surface area contributed by atoms with Crippen LogP contribution in [-0.2, 0) is 9.84 Å². The average Bonchev–Trinajstić information content (AvgIpc) is 2.48. The molecule has 21 heavy (non-hydrogen) atoms. The van der Waals surface area contributed by atoms with E-state index in [-0.39, 0.29) is 11.1 Å². The van der Waals surface area contributed by atoms with Gasteiger partial charge in [0.1, 0.15) is 17.7 Å². The lowest BCUT2D eigenvalue weighted by Gasteiger charge is -2.34. The molecule has 1 aliphatic rings. The quantitative estimate of drug-likeness (QED) is 0.743. The lowest BCUT2D eigenvalue weighted by Crippen LogP contribution is -2.49. The smallest absolute Gasteiger partial charge is 0.166 e. The highest BCUT2D eigenvalue weighted by atomic mass is 79.9. The third-order valence-electron chi connectivity index (χ3n) is 3.45. The number of sulfone groups is 1. The van der Waals surface area contributed by atoms with Crippen molar-refractivity contribution in [2.75, 3.05) is 37.0 Å². The Hall–Kier alpha value is -0.240. The summed E-state index contributed by atoms with van der Waals surface area (Å²) in [5.41, 5.74) is 0. The first kappa shape index (κ1) is 17.1. The molecule has 1 aromatic carbocycles. The summed E-state index contributed by atoms with van der Waals surface area (Å²) in [6.07, 6.45) is 0. The monoisotopic (exact) mass is 393 g/mol. The third kappa shape index (κ3) is 4.87. The maximum absolute atomic E-state index is 12.1. The van der Waals surface area contributed by atoms with Gasteiger partial charge in [-0.15, -0.1) is 0 Å². The fourth-order valence-corrected chi connectivity index (χ4v) is 5.72. The van der Waals surface area contributed by atoms with Crippen molar-refractivity contribution in [1.29, 1.82) is 0 Å². The Morgan fingerprint density at radius 3 is 3.00 bits per heavy atom. The van der Waals surface area contributed by atoms with E-state index in [1.807, 2.05) is 29.2 Å². The van der Waals surface area contributed by atoms with E-state index in [9.17, 15) is 8.42 Å². The van der Waals surface area contributed by atoms with Crippen LogP contribution in [0.2, 0.25) is 0 Å². The molecule has 0 aliphatic carbocycles. The molecule has 1 unspecified atom stereocenters. The highest BCUT2D eigenvalue weighted by molar-refractivity contribution is 9.10. The van der Waals surface area contributed by atoms with Gasteiger partial charge in [0.15, 0.2) is 9.84 Å². The van der Waals surface area contributed by atoms with Gasteiger partial charge in [0.05, 0.1) is 0 Å². The zero-order valence-corrected chi connectivity index (χ0v) is 15.2. The summed E-state index contributed by atoms with van der Waals surface area (Å²) < 4.78 is 31.0. The first-order valence-electron chi connectivity index (χ1n) is 6.94. The molecule has 0 saturated carbocycles. The van der Waals surface area contributed by atoms with Gasteiger partial charge in [-0.2, -0.15) is 11.8 Å². The molecule has 7 heteroatoms. The predicted molar refractivity (Wildman–Crippen MR) is 91.8 cm³/mol. The van der Waals surface area contributed by atoms with Gasteiger partial charge in [-0.3, -0.25) is 4.90 Å². The first-order chi connectivity index (χ1) is 10.0. The van der Waals surface area contributed by atoms with Crippen LogP contribution in [0.25, 0.3) is 0 Å². The lowest BCUT2D eigenvalue weighted by molar-refractivity contribution is 0.206. The summed E-state index contributed by atoms with van der Waals surface area (Å²) in [7, 11) is -3.03. The van der Waals surface area contributed by atoms with E-state index in [1.165, 1.54) is 0 Å². The number of rotatable bonds is 6. The van der Waals surface area contributed by atoms with E-state index in [0.29, 0.717) is 18.9 Å². The molecule has 118 valence electrons. The Kier molecular flexibility index (Phi) is 6.40. The van der Waals surface area contributed by atoms with Crippen molar-refractivity contribution < 1.29 is 13.2 Å². The molecule has 0 N–H and O–H groups in total. The van der Waals surface area contributed by atoms with Crippen molar-refractivity contribution in [3.05, 3.63) is 28.7 Å². The predicted octanol–water partition coefficient (Wildman–Crippen LogP) is 2.64. The van der Waals surface area contributed by atoms with Crippen LogP contribution in [0.15, 0.2) is 28.7 Å². The molecule has 1 heterocycles. The van der Waals surface area contributed by atoms with Crippen molar-refractivity contribution >= 4 is 37.5 Å². The highest BCUT2D eigenvalue weighted by Gasteiger charge is 2.32. The van der Waals surface area contributed by atoms with Crippen molar-refractivity contribution in [1.82, 2.24) is 4.90 Å². The maximum atomic E-state index is 12.1. The van der Waals surface area contributed by atoms with Crippen LogP contribution in [0, 0.1) is 0 Å². The van der Waals surface area contributed by atoms with Gasteiger partial charge in [-0.05, 0) is 18.2 Å². The largest absolute Gasteiger partial charge is 0.492 e. The number of thioether (sulfide) groups is 1. The summed E-state index contributed by atoms with van der Waals surface area (Å²) in [5, 5.41) is -0.368. The van der Waals surface area contributed by atoms with Gasteiger partial charge >= 0.3 is 0 Å². The van der Waals surface area contributed by atoms with Crippen LogP contribution < -0.4 is 4.74 Å². The van der Waals surface area contributed by atoms with Crippen LogP contribution in [0.1, 0.15) is 6.92 Å². The van der Waals surface area contributed by atoms with Crippen molar-refractivity contribution in [2.45, 2.75) is 12.3 Å². The summed E-state index contributed by atoms with van der Waals surface area (Å²) >= 11 is 5.12. The average molecular weight is 394 g/mol. The van der Waals surface area contributed by atoms with E-state index in [2.05, 4.69) is 15.9 Å². The third-order valence-corrected chi connectivity index (χ3v) is 7.28. The lowest BCUT2D eigenvalue weighted by atomic mass is 10.3. The van der Waals surface area contributed by atoms with E-state index < -0.39 is 9.84 Å². The Labute approximate surface area is 139 Å². The van der Waals surface area contributed by atoms with Crippen LogP contribution >= 0.6 is 27.7 Å². The summed E-state index contributed by atoms with van der Waals surface area (Å²) in [6.45, 7) is 3.65. The molecule has 1 fully saturated rings. The second-order valence-corrected chi connectivity index (χ2v) is 9.34. The molecule has 0 amide bonds. The first-order valence-corrected chi connectivity index (χ1v) is 10.6. The van der Waals surface area contributed by atoms with Crippen LogP contribution in [0.3, 0.4) is 0 Å². The zero-order valence-electron chi connectivity index (χ0n) is 12.0. The molecule has 4 nitrogen and oxygen atoms in total. The molecule has 1 atom stereocenters. The Morgan fingerprint density at radius 2 is 2.29 bits per heavy atom. The van der Waals surface area contributed by atoms with E-state index >= 15 is 0 Å². The van der Waals surface area contributed by atoms with Crippen LogP contribution in [0.4, 0.5) is 0 Å². The summed E-state index contributed by atoms with van der Waals surface area (Å²) in [4.78, 5) is 2.04. The van der Waals surface area contributed by atoms with Gasteiger partial charge in [0.2, 0.25) is 0 Å². The normalized spacial score (nSPS) is 20.4. The number of ether oxygens (including phenoxy) is 1. The van der Waals surface area contributed by atoms with Crippen molar-refractivity contribution in [2.24, 2.45) is 0 Å². The molecule has 0 spiro atoms. The number of halogens is 1. The van der Waals surface area contributed by atoms with Crippen LogP contribution in [0.5, 0.6) is 5.75 Å². The topological polar surface area (TPSA) is 46.6 Å². The molecule has 1 aliphatic heterocycles. The minimum atomic E-state index is -3.03. The minimum Gasteiger partial charge on any atom is -0.492 e. The van der Waals surface area contributed by atoms with Gasteiger partial charge in [-0.1, -0.05) is 28.9 Å². The molecular weight excluding hydrogens is 374 g/mol.